The van der Waals surface area contributed by atoms with Crippen LogP contribution in [-0.2, 0) is 4.79 Å². The van der Waals surface area contributed by atoms with Gasteiger partial charge in [0.25, 0.3) is 5.91 Å². The number of aromatic nitrogens is 1. The van der Waals surface area contributed by atoms with E-state index < -0.39 is 0 Å². The summed E-state index contributed by atoms with van der Waals surface area (Å²) >= 11 is 1.21. The van der Waals surface area contributed by atoms with Crippen LogP contribution >= 0.6 is 11.8 Å². The molecule has 0 unspecified atom stereocenters. The molecule has 0 N–H and O–H groups in total. The predicted octanol–water partition coefficient (Wildman–Crippen LogP) is 5.34. The number of carbonyl (C=O) groups excluding carboxylic acids is 1. The highest BCUT2D eigenvalue weighted by Gasteiger charge is 2.35. The van der Waals surface area contributed by atoms with Gasteiger partial charge in [-0.2, -0.15) is 0 Å². The SMILES string of the molecule is Cc1cccc(/N=C2/S/C(=C\c3ccccc3F)C(=O)N2c2ccccc2)n1. The van der Waals surface area contributed by atoms with Gasteiger partial charge in [0, 0.05) is 11.3 Å². The van der Waals surface area contributed by atoms with Crippen LogP contribution in [0.15, 0.2) is 82.7 Å². The van der Waals surface area contributed by atoms with Gasteiger partial charge in [-0.15, -0.1) is 0 Å². The van der Waals surface area contributed by atoms with Crippen molar-refractivity contribution in [3.05, 3.63) is 94.8 Å². The van der Waals surface area contributed by atoms with Gasteiger partial charge in [0.2, 0.25) is 0 Å². The molecule has 28 heavy (non-hydrogen) atoms. The third kappa shape index (κ3) is 3.73. The summed E-state index contributed by atoms with van der Waals surface area (Å²) in [6.45, 7) is 1.88. The second-order valence-corrected chi connectivity index (χ2v) is 7.15. The van der Waals surface area contributed by atoms with Gasteiger partial charge < -0.3 is 0 Å². The van der Waals surface area contributed by atoms with Gasteiger partial charge in [0.1, 0.15) is 5.82 Å². The molecule has 4 nitrogen and oxygen atoms in total. The number of hydrogen-bond acceptors (Lipinski definition) is 4. The van der Waals surface area contributed by atoms with Crippen LogP contribution in [0.4, 0.5) is 15.9 Å². The minimum Gasteiger partial charge on any atom is -0.268 e. The van der Waals surface area contributed by atoms with E-state index in [-0.39, 0.29) is 11.7 Å². The Kier molecular flexibility index (Phi) is 5.04. The normalized spacial score (nSPS) is 16.9. The largest absolute Gasteiger partial charge is 0.271 e. The molecular weight excluding hydrogens is 373 g/mol. The number of para-hydroxylation sites is 1. The van der Waals surface area contributed by atoms with Crippen molar-refractivity contribution in [1.29, 1.82) is 0 Å². The van der Waals surface area contributed by atoms with E-state index in [1.54, 1.807) is 30.3 Å². The van der Waals surface area contributed by atoms with Crippen LogP contribution < -0.4 is 4.90 Å². The molecule has 1 aliphatic heterocycles. The molecular formula is C22H16FN3OS. The number of amidine groups is 1. The third-order valence-corrected chi connectivity index (χ3v) is 5.07. The molecule has 4 rings (SSSR count). The Hall–Kier alpha value is -3.25. The van der Waals surface area contributed by atoms with E-state index in [0.29, 0.717) is 27.1 Å². The van der Waals surface area contributed by atoms with E-state index >= 15 is 0 Å². The van der Waals surface area contributed by atoms with Crippen molar-refractivity contribution in [2.45, 2.75) is 6.92 Å². The fraction of sp³-hybridized carbons (Fsp3) is 0.0455. The quantitative estimate of drug-likeness (QED) is 0.568. The molecule has 0 bridgehead atoms. The number of carbonyl (C=O) groups is 1. The van der Waals surface area contributed by atoms with Crippen molar-refractivity contribution in [1.82, 2.24) is 4.98 Å². The first-order valence-corrected chi connectivity index (χ1v) is 9.49. The van der Waals surface area contributed by atoms with E-state index in [9.17, 15) is 9.18 Å². The van der Waals surface area contributed by atoms with Crippen LogP contribution in [0.25, 0.3) is 6.08 Å². The highest BCUT2D eigenvalue weighted by molar-refractivity contribution is 8.19. The number of benzene rings is 2. The highest BCUT2D eigenvalue weighted by atomic mass is 32.2. The molecule has 2 aromatic carbocycles. The van der Waals surface area contributed by atoms with Gasteiger partial charge in [0.15, 0.2) is 11.0 Å². The van der Waals surface area contributed by atoms with E-state index in [1.165, 1.54) is 22.7 Å². The molecule has 0 saturated carbocycles. The molecule has 0 radical (unpaired) electrons. The van der Waals surface area contributed by atoms with Crippen molar-refractivity contribution < 1.29 is 9.18 Å². The Morgan fingerprint density at radius 2 is 1.75 bits per heavy atom. The minimum atomic E-state index is -0.375. The van der Waals surface area contributed by atoms with Crippen molar-refractivity contribution in [3.8, 4) is 0 Å². The summed E-state index contributed by atoms with van der Waals surface area (Å²) in [5.41, 5.74) is 1.90. The fourth-order valence-corrected chi connectivity index (χ4v) is 3.76. The molecule has 3 aromatic rings. The predicted molar refractivity (Wildman–Crippen MR) is 112 cm³/mol. The molecule has 138 valence electrons. The number of halogens is 1. The fourth-order valence-electron chi connectivity index (χ4n) is 2.78. The van der Waals surface area contributed by atoms with Crippen LogP contribution in [0, 0.1) is 12.7 Å². The Morgan fingerprint density at radius 1 is 1.00 bits per heavy atom. The molecule has 2 heterocycles. The molecule has 1 aromatic heterocycles. The molecule has 6 heteroatoms. The first-order valence-electron chi connectivity index (χ1n) is 8.68. The summed E-state index contributed by atoms with van der Waals surface area (Å²) in [4.78, 5) is 24.0. The summed E-state index contributed by atoms with van der Waals surface area (Å²) in [5, 5.41) is 0.483. The number of aryl methyl sites for hydroxylation is 1. The first-order chi connectivity index (χ1) is 13.6. The monoisotopic (exact) mass is 389 g/mol. The maximum atomic E-state index is 14.1. The molecule has 0 spiro atoms. The van der Waals surface area contributed by atoms with Crippen LogP contribution in [0.3, 0.4) is 0 Å². The number of hydrogen-bond donors (Lipinski definition) is 0. The molecule has 0 aliphatic carbocycles. The zero-order valence-corrected chi connectivity index (χ0v) is 15.9. The van der Waals surface area contributed by atoms with E-state index in [4.69, 9.17) is 0 Å². The summed E-state index contributed by atoms with van der Waals surface area (Å²) in [6, 6.07) is 21.2. The lowest BCUT2D eigenvalue weighted by Crippen LogP contribution is -2.28. The average molecular weight is 389 g/mol. The molecule has 1 aliphatic rings. The maximum absolute atomic E-state index is 14.1. The van der Waals surface area contributed by atoms with Crippen molar-refractivity contribution in [3.63, 3.8) is 0 Å². The topological polar surface area (TPSA) is 45.6 Å². The van der Waals surface area contributed by atoms with Gasteiger partial charge in [-0.25, -0.2) is 14.4 Å². The summed E-state index contributed by atoms with van der Waals surface area (Å²) in [5.74, 6) is -0.102. The van der Waals surface area contributed by atoms with Gasteiger partial charge >= 0.3 is 0 Å². The standard InChI is InChI=1S/C22H16FN3OS/c1-15-8-7-13-20(24-15)25-22-26(17-10-3-2-4-11-17)21(27)19(28-22)14-16-9-5-6-12-18(16)23/h2-14H,1H3/b19-14-,25-22+. The number of rotatable bonds is 3. The minimum absolute atomic E-state index is 0.245. The van der Waals surface area contributed by atoms with E-state index in [0.717, 1.165) is 5.69 Å². The number of pyridine rings is 1. The number of amides is 1. The van der Waals surface area contributed by atoms with Crippen LogP contribution in [0.2, 0.25) is 0 Å². The summed E-state index contributed by atoms with van der Waals surface area (Å²) in [6.07, 6.45) is 1.56. The summed E-state index contributed by atoms with van der Waals surface area (Å²) in [7, 11) is 0. The Labute approximate surface area is 166 Å². The van der Waals surface area contributed by atoms with E-state index in [1.807, 2.05) is 49.4 Å². The third-order valence-electron chi connectivity index (χ3n) is 4.10. The zero-order valence-electron chi connectivity index (χ0n) is 15.0. The molecule has 1 saturated heterocycles. The van der Waals surface area contributed by atoms with Gasteiger partial charge in [-0.1, -0.05) is 42.5 Å². The average Bonchev–Trinajstić information content (AvgIpc) is 2.99. The van der Waals surface area contributed by atoms with Gasteiger partial charge in [0.05, 0.1) is 10.6 Å². The van der Waals surface area contributed by atoms with Gasteiger partial charge in [-0.3, -0.25) is 9.69 Å². The highest BCUT2D eigenvalue weighted by Crippen LogP contribution is 2.37. The zero-order chi connectivity index (χ0) is 19.5. The van der Waals surface area contributed by atoms with Crippen molar-refractivity contribution in [2.24, 2.45) is 4.99 Å². The van der Waals surface area contributed by atoms with Crippen molar-refractivity contribution in [2.75, 3.05) is 4.90 Å². The van der Waals surface area contributed by atoms with Crippen LogP contribution in [0.1, 0.15) is 11.3 Å². The Bertz CT molecular complexity index is 1100. The van der Waals surface area contributed by atoms with Crippen LogP contribution in [0.5, 0.6) is 0 Å². The number of aliphatic imine (C=N–C) groups is 1. The lowest BCUT2D eigenvalue weighted by Gasteiger charge is -2.15. The lowest BCUT2D eigenvalue weighted by molar-refractivity contribution is -0.113. The van der Waals surface area contributed by atoms with Crippen LogP contribution in [-0.4, -0.2) is 16.1 Å². The van der Waals surface area contributed by atoms with Gasteiger partial charge in [-0.05, 0) is 55.1 Å². The number of anilines is 1. The van der Waals surface area contributed by atoms with E-state index in [2.05, 4.69) is 9.98 Å². The smallest absolute Gasteiger partial charge is 0.268 e. The molecule has 1 fully saturated rings. The number of nitrogens with zero attached hydrogens (tertiary/aromatic N) is 3. The Morgan fingerprint density at radius 3 is 2.50 bits per heavy atom. The Balaban J connectivity index is 1.79. The first kappa shape index (κ1) is 18.1. The summed E-state index contributed by atoms with van der Waals surface area (Å²) < 4.78 is 14.1. The number of thioether (sulfide) groups is 1. The lowest BCUT2D eigenvalue weighted by atomic mass is 10.2. The second-order valence-electron chi connectivity index (χ2n) is 6.14. The molecule has 1 amide bonds. The maximum Gasteiger partial charge on any atom is 0.271 e. The van der Waals surface area contributed by atoms with Crippen molar-refractivity contribution >= 4 is 40.4 Å². The molecule has 0 atom stereocenters. The second kappa shape index (κ2) is 7.78.